The van der Waals surface area contributed by atoms with Gasteiger partial charge in [-0.05, 0) is 34.7 Å². The summed E-state index contributed by atoms with van der Waals surface area (Å²) in [6.45, 7) is 6.95. The number of aromatic nitrogens is 2. The van der Waals surface area contributed by atoms with E-state index in [2.05, 4.69) is 53.5 Å². The molecular weight excluding hydrogens is 316 g/mol. The number of hydrogen-bond donors (Lipinski definition) is 4. The molecule has 0 atom stereocenters. The van der Waals surface area contributed by atoms with Crippen LogP contribution in [0.4, 0.5) is 10.5 Å². The number of benzene rings is 2. The summed E-state index contributed by atoms with van der Waals surface area (Å²) in [5.74, 6) is 0. The highest BCUT2D eigenvalue weighted by Crippen LogP contribution is 2.22. The lowest BCUT2D eigenvalue weighted by atomic mass is 9.87. The van der Waals surface area contributed by atoms with Crippen molar-refractivity contribution in [3.05, 3.63) is 64.1 Å². The summed E-state index contributed by atoms with van der Waals surface area (Å²) in [5, 5.41) is 5.59. The molecule has 6 heteroatoms. The lowest BCUT2D eigenvalue weighted by Crippen LogP contribution is -2.28. The van der Waals surface area contributed by atoms with E-state index in [0.29, 0.717) is 23.3 Å². The van der Waals surface area contributed by atoms with Crippen molar-refractivity contribution in [1.29, 1.82) is 0 Å². The molecule has 3 aromatic rings. The van der Waals surface area contributed by atoms with Crippen molar-refractivity contribution >= 4 is 22.8 Å². The summed E-state index contributed by atoms with van der Waals surface area (Å²) in [5.41, 5.74) is 4.11. The molecule has 0 bridgehead atoms. The van der Waals surface area contributed by atoms with E-state index in [1.807, 2.05) is 12.1 Å². The van der Waals surface area contributed by atoms with Crippen molar-refractivity contribution in [2.24, 2.45) is 0 Å². The molecule has 2 aromatic carbocycles. The Hall–Kier alpha value is -3.02. The Morgan fingerprint density at radius 1 is 1.00 bits per heavy atom. The van der Waals surface area contributed by atoms with Gasteiger partial charge in [0.25, 0.3) is 0 Å². The number of aromatic amines is 2. The molecule has 1 aromatic heterocycles. The first-order valence-electron chi connectivity index (χ1n) is 8.17. The third-order valence-electron chi connectivity index (χ3n) is 4.05. The van der Waals surface area contributed by atoms with Crippen LogP contribution in [0.25, 0.3) is 11.0 Å². The Kier molecular flexibility index (Phi) is 4.35. The SMILES string of the molecule is CC(C)(C)c1ccc(CNC(=O)Nc2ccc3[nH]c(=O)[nH]c3c2)cc1. The average Bonchev–Trinajstić information content (AvgIpc) is 2.92. The molecule has 4 N–H and O–H groups in total. The average molecular weight is 338 g/mol. The molecule has 0 saturated carbocycles. The van der Waals surface area contributed by atoms with Gasteiger partial charge in [-0.15, -0.1) is 0 Å². The lowest BCUT2D eigenvalue weighted by molar-refractivity contribution is 0.251. The quantitative estimate of drug-likeness (QED) is 0.589. The van der Waals surface area contributed by atoms with E-state index in [-0.39, 0.29) is 17.1 Å². The van der Waals surface area contributed by atoms with Crippen molar-refractivity contribution in [2.45, 2.75) is 32.7 Å². The van der Waals surface area contributed by atoms with Gasteiger partial charge >= 0.3 is 11.7 Å². The van der Waals surface area contributed by atoms with Crippen molar-refractivity contribution < 1.29 is 4.79 Å². The van der Waals surface area contributed by atoms with E-state index < -0.39 is 0 Å². The first-order valence-corrected chi connectivity index (χ1v) is 8.17. The molecular formula is C19H22N4O2. The van der Waals surface area contributed by atoms with E-state index in [4.69, 9.17) is 0 Å². The van der Waals surface area contributed by atoms with Gasteiger partial charge in [-0.1, -0.05) is 45.0 Å². The Labute approximate surface area is 145 Å². The van der Waals surface area contributed by atoms with Gasteiger partial charge in [0.15, 0.2) is 0 Å². The Bertz CT molecular complexity index is 946. The van der Waals surface area contributed by atoms with Crippen LogP contribution in [0.5, 0.6) is 0 Å². The Morgan fingerprint density at radius 2 is 1.68 bits per heavy atom. The van der Waals surface area contributed by atoms with Crippen molar-refractivity contribution in [2.75, 3.05) is 5.32 Å². The van der Waals surface area contributed by atoms with Crippen LogP contribution in [-0.2, 0) is 12.0 Å². The van der Waals surface area contributed by atoms with Crippen LogP contribution in [0.2, 0.25) is 0 Å². The summed E-state index contributed by atoms with van der Waals surface area (Å²) < 4.78 is 0. The van der Waals surface area contributed by atoms with Crippen LogP contribution in [0.1, 0.15) is 31.9 Å². The van der Waals surface area contributed by atoms with Crippen molar-refractivity contribution in [1.82, 2.24) is 15.3 Å². The first kappa shape index (κ1) is 16.8. The molecule has 0 fully saturated rings. The normalized spacial score (nSPS) is 11.5. The highest BCUT2D eigenvalue weighted by molar-refractivity contribution is 5.91. The van der Waals surface area contributed by atoms with Gasteiger partial charge in [-0.2, -0.15) is 0 Å². The molecule has 6 nitrogen and oxygen atoms in total. The van der Waals surface area contributed by atoms with Gasteiger partial charge in [-0.25, -0.2) is 9.59 Å². The van der Waals surface area contributed by atoms with Crippen LogP contribution >= 0.6 is 0 Å². The molecule has 0 saturated heterocycles. The molecule has 25 heavy (non-hydrogen) atoms. The minimum absolute atomic E-state index is 0.112. The smallest absolute Gasteiger partial charge is 0.323 e. The largest absolute Gasteiger partial charge is 0.334 e. The van der Waals surface area contributed by atoms with E-state index in [1.54, 1.807) is 18.2 Å². The van der Waals surface area contributed by atoms with Gasteiger partial charge in [0.1, 0.15) is 0 Å². The topological polar surface area (TPSA) is 89.8 Å². The van der Waals surface area contributed by atoms with Crippen LogP contribution < -0.4 is 16.3 Å². The standard InChI is InChI=1S/C19H22N4O2/c1-19(2,3)13-6-4-12(5-7-13)11-20-17(24)21-14-8-9-15-16(10-14)23-18(25)22-15/h4-10H,11H2,1-3H3,(H2,20,21,24)(H2,22,23,25). The Balaban J connectivity index is 1.59. The molecule has 0 aliphatic heterocycles. The maximum absolute atomic E-state index is 12.1. The highest BCUT2D eigenvalue weighted by atomic mass is 16.2. The van der Waals surface area contributed by atoms with E-state index in [0.717, 1.165) is 5.56 Å². The van der Waals surface area contributed by atoms with Crippen LogP contribution in [0.15, 0.2) is 47.3 Å². The van der Waals surface area contributed by atoms with Crippen LogP contribution in [0.3, 0.4) is 0 Å². The van der Waals surface area contributed by atoms with Crippen LogP contribution in [-0.4, -0.2) is 16.0 Å². The van der Waals surface area contributed by atoms with Gasteiger partial charge < -0.3 is 20.6 Å². The predicted octanol–water partition coefficient (Wildman–Crippen LogP) is 3.48. The van der Waals surface area contributed by atoms with Crippen LogP contribution in [0, 0.1) is 0 Å². The molecule has 0 unspecified atom stereocenters. The highest BCUT2D eigenvalue weighted by Gasteiger charge is 2.12. The molecule has 130 valence electrons. The fourth-order valence-corrected chi connectivity index (χ4v) is 2.59. The minimum atomic E-state index is -0.294. The van der Waals surface area contributed by atoms with Gasteiger partial charge in [0.05, 0.1) is 11.0 Å². The van der Waals surface area contributed by atoms with Crippen molar-refractivity contribution in [3.63, 3.8) is 0 Å². The zero-order valence-corrected chi connectivity index (χ0v) is 14.6. The van der Waals surface area contributed by atoms with E-state index in [1.165, 1.54) is 5.56 Å². The second-order valence-corrected chi connectivity index (χ2v) is 7.09. The molecule has 3 rings (SSSR count). The molecule has 0 aliphatic carbocycles. The summed E-state index contributed by atoms with van der Waals surface area (Å²) in [6, 6.07) is 13.1. The summed E-state index contributed by atoms with van der Waals surface area (Å²) in [4.78, 5) is 28.6. The molecule has 0 aliphatic rings. The molecule has 2 amide bonds. The molecule has 1 heterocycles. The Morgan fingerprint density at radius 3 is 2.36 bits per heavy atom. The number of nitrogens with one attached hydrogen (secondary N) is 4. The summed E-state index contributed by atoms with van der Waals surface area (Å²) in [7, 11) is 0. The monoisotopic (exact) mass is 338 g/mol. The first-order chi connectivity index (χ1) is 11.8. The third kappa shape index (κ3) is 4.09. The second kappa shape index (κ2) is 6.47. The number of rotatable bonds is 3. The minimum Gasteiger partial charge on any atom is -0.334 e. The number of fused-ring (bicyclic) bond motifs is 1. The van der Waals surface area contributed by atoms with Gasteiger partial charge in [-0.3, -0.25) is 0 Å². The summed E-state index contributed by atoms with van der Waals surface area (Å²) >= 11 is 0. The van der Waals surface area contributed by atoms with Gasteiger partial charge in [0.2, 0.25) is 0 Å². The number of carbonyl (C=O) groups is 1. The zero-order valence-electron chi connectivity index (χ0n) is 14.6. The third-order valence-corrected chi connectivity index (χ3v) is 4.05. The number of H-pyrrole nitrogens is 2. The second-order valence-electron chi connectivity index (χ2n) is 7.09. The fourth-order valence-electron chi connectivity index (χ4n) is 2.59. The number of urea groups is 1. The maximum atomic E-state index is 12.1. The molecule has 0 radical (unpaired) electrons. The molecule has 0 spiro atoms. The fraction of sp³-hybridized carbons (Fsp3) is 0.263. The number of anilines is 1. The van der Waals surface area contributed by atoms with Gasteiger partial charge in [0, 0.05) is 12.2 Å². The number of amides is 2. The maximum Gasteiger partial charge on any atom is 0.323 e. The number of imidazole rings is 1. The number of hydrogen-bond acceptors (Lipinski definition) is 2. The van der Waals surface area contributed by atoms with E-state index in [9.17, 15) is 9.59 Å². The summed E-state index contributed by atoms with van der Waals surface area (Å²) in [6.07, 6.45) is 0. The van der Waals surface area contributed by atoms with E-state index >= 15 is 0 Å². The predicted molar refractivity (Wildman–Crippen MR) is 99.9 cm³/mol. The van der Waals surface area contributed by atoms with Crippen molar-refractivity contribution in [3.8, 4) is 0 Å². The number of carbonyl (C=O) groups excluding carboxylic acids is 1. The zero-order chi connectivity index (χ0) is 18.0. The lowest BCUT2D eigenvalue weighted by Gasteiger charge is -2.19.